The van der Waals surface area contributed by atoms with Gasteiger partial charge in [-0.25, -0.2) is 80.8 Å². The van der Waals surface area contributed by atoms with Gasteiger partial charge in [0.25, 0.3) is 20.2 Å². The van der Waals surface area contributed by atoms with Crippen LogP contribution in [0.5, 0.6) is 0 Å². The highest BCUT2D eigenvalue weighted by Gasteiger charge is 2.22. The van der Waals surface area contributed by atoms with Gasteiger partial charge >= 0.3 is 0 Å². The summed E-state index contributed by atoms with van der Waals surface area (Å²) in [5.74, 6) is 3.98. The molecule has 0 atom stereocenters. The van der Waals surface area contributed by atoms with Gasteiger partial charge in [0.05, 0.1) is 79.7 Å². The minimum atomic E-state index is -3.67. The molecule has 42 heteroatoms. The zero-order valence-electron chi connectivity index (χ0n) is 50.3. The number of hydrogen-bond donors (Lipinski definition) is 12. The molecule has 0 radical (unpaired) electrons. The normalized spacial score (nSPS) is 11.5. The Hall–Kier alpha value is -9.10. The highest BCUT2D eigenvalue weighted by Crippen LogP contribution is 2.39. The van der Waals surface area contributed by atoms with Gasteiger partial charge in [0.2, 0.25) is 33.9 Å². The number of hydrogen-bond acceptors (Lipinski definition) is 38. The maximum atomic E-state index is 9.19. The molecule has 12 aromatic rings. The predicted molar refractivity (Wildman–Crippen MR) is 365 cm³/mol. The number of aromatic nitrogens is 12. The fourth-order valence-corrected chi connectivity index (χ4v) is 8.10. The summed E-state index contributed by atoms with van der Waals surface area (Å²) in [6, 6.07) is 46.9. The van der Waals surface area contributed by atoms with E-state index in [9.17, 15) is 16.8 Å². The second-order valence-corrected chi connectivity index (χ2v) is 22.7. The predicted octanol–water partition coefficient (Wildman–Crippen LogP) is 11.9. The van der Waals surface area contributed by atoms with Gasteiger partial charge in [0.15, 0.2) is 34.9 Å². The van der Waals surface area contributed by atoms with Crippen LogP contribution in [-0.2, 0) is 57.7 Å². The molecule has 6 aromatic heterocycles. The lowest BCUT2D eigenvalue weighted by Gasteiger charge is -2.20. The van der Waals surface area contributed by atoms with E-state index in [4.69, 9.17) is 30.1 Å². The van der Waals surface area contributed by atoms with Crippen LogP contribution in [-0.4, -0.2) is 144 Å². The Morgan fingerprint density at radius 2 is 0.417 bits per heavy atom. The van der Waals surface area contributed by atoms with Crippen LogP contribution in [0.15, 0.2) is 146 Å². The van der Waals surface area contributed by atoms with Crippen LogP contribution in [0.2, 0.25) is 0 Å². The van der Waals surface area contributed by atoms with E-state index in [2.05, 4.69) is 129 Å². The summed E-state index contributed by atoms with van der Waals surface area (Å²) >= 11 is 3.72. The van der Waals surface area contributed by atoms with Gasteiger partial charge < -0.3 is 31.9 Å². The molecule has 0 aliphatic carbocycles. The fraction of sp³-hybridized carbons (Fsp3) is 0.111. The largest absolute Gasteiger partial charge is 0.335 e. The van der Waals surface area contributed by atoms with E-state index in [-0.39, 0.29) is 0 Å². The molecule has 3 aliphatic heterocycles. The quantitative estimate of drug-likeness (QED) is 0.0221. The number of fused-ring (bicyclic) bond motifs is 12. The Morgan fingerprint density at radius 3 is 0.531 bits per heavy atom. The molecule has 9 heterocycles. The van der Waals surface area contributed by atoms with E-state index in [1.165, 1.54) is 0 Å². The van der Waals surface area contributed by atoms with Crippen LogP contribution in [0.3, 0.4) is 0 Å². The first kappa shape index (κ1) is 74.3. The van der Waals surface area contributed by atoms with Gasteiger partial charge in [-0.2, -0.15) is 16.8 Å². The molecule has 15 rings (SSSR count). The molecule has 3 aliphatic rings. The average Bonchev–Trinajstić information content (AvgIpc) is 0.847. The molecule has 504 valence electrons. The number of para-hydroxylation sites is 12. The van der Waals surface area contributed by atoms with E-state index in [0.717, 1.165) is 115 Å². The lowest BCUT2D eigenvalue weighted by atomic mass is 10.2. The lowest BCUT2D eigenvalue weighted by molar-refractivity contribution is -0.432. The highest BCUT2D eigenvalue weighted by atomic mass is 32.2. The van der Waals surface area contributed by atoms with Crippen LogP contribution >= 0.6 is 48.2 Å². The number of nitrogens with zero attached hydrogens (tertiary/aromatic N) is 12. The van der Waals surface area contributed by atoms with E-state index in [1.54, 1.807) is 25.0 Å². The number of nitrogens with one attached hydrogen (secondary N) is 6. The van der Waals surface area contributed by atoms with Crippen molar-refractivity contribution >= 4 is 204 Å². The third-order valence-corrected chi connectivity index (χ3v) is 12.1. The van der Waals surface area contributed by atoms with Crippen LogP contribution in [0.25, 0.3) is 67.0 Å². The molecule has 0 saturated heterocycles. The topological polar surface area (TPSA) is 490 Å². The summed E-state index contributed by atoms with van der Waals surface area (Å²) in [5.41, 5.74) is 13.9. The molecule has 0 bridgehead atoms. The SMILES string of the molecule is CS(=O)(=O)O.CS(=O)(=O)O.CSOOO.CSOOO.CSOOO.CSOOO.c1ccc2c(c1)Nc1nc3nc4ccccc4nc3nc1N2.c1ccc2c(c1)Nc1nc3nc4ccccc4nc3nc1N2.c1ccc2c(c1)Nc1nc3nc4ccccc4nc3nc1N2. The molecule has 0 saturated carbocycles. The summed E-state index contributed by atoms with van der Waals surface area (Å²) in [6.07, 6.45) is 7.92. The lowest BCUT2D eigenvalue weighted by Crippen LogP contribution is -2.10. The summed E-state index contributed by atoms with van der Waals surface area (Å²) in [5, 5.41) is 61.6. The van der Waals surface area contributed by atoms with Crippen molar-refractivity contribution in [3.05, 3.63) is 146 Å². The Bertz CT molecular complexity index is 4060. The molecular weight excluding hydrogens is 1380 g/mol. The molecule has 6 aromatic carbocycles. The molecule has 96 heavy (non-hydrogen) atoms. The van der Waals surface area contributed by atoms with Gasteiger partial charge in [0, 0.05) is 73.2 Å². The summed E-state index contributed by atoms with van der Waals surface area (Å²) in [6.45, 7) is 0. The number of rotatable bonds is 8. The van der Waals surface area contributed by atoms with Crippen molar-refractivity contribution in [2.24, 2.45) is 0 Å². The molecular formula is C54H54N18O18S6. The van der Waals surface area contributed by atoms with Crippen LogP contribution in [0.1, 0.15) is 0 Å². The third-order valence-electron chi connectivity index (χ3n) is 11.3. The van der Waals surface area contributed by atoms with Gasteiger partial charge in [0.1, 0.15) is 0 Å². The highest BCUT2D eigenvalue weighted by molar-refractivity contribution is 7.94. The van der Waals surface area contributed by atoms with Crippen LogP contribution in [0.4, 0.5) is 69.0 Å². The smallest absolute Gasteiger partial charge is 0.261 e. The first-order chi connectivity index (χ1) is 46.3. The molecule has 0 amide bonds. The molecule has 12 N–H and O–H groups in total. The summed E-state index contributed by atoms with van der Waals surface area (Å²) < 4.78 is 67.0. The second kappa shape index (κ2) is 37.3. The summed E-state index contributed by atoms with van der Waals surface area (Å²) in [4.78, 5) is 54.6. The van der Waals surface area contributed by atoms with E-state index < -0.39 is 20.2 Å². The minimum Gasteiger partial charge on any atom is -0.335 e. The Morgan fingerprint density at radius 1 is 0.281 bits per heavy atom. The van der Waals surface area contributed by atoms with Crippen molar-refractivity contribution < 1.29 is 84.5 Å². The molecule has 0 unspecified atom stereocenters. The average molecular weight is 1440 g/mol. The Labute approximate surface area is 560 Å². The molecule has 0 spiro atoms. The van der Waals surface area contributed by atoms with Crippen molar-refractivity contribution in [2.45, 2.75) is 0 Å². The standard InChI is InChI=1S/3C16H10N6.6CH4O3S/c3*1-2-6-10-9(5-1)17-13-14(18-10)22-16-15(21-13)19-11-7-3-4-8-12(11)20-16;2*1-5(2,3)4;4*1-5-4-3-2/h3*1-8H,(H,17,19,21)(H,18,20,22);2*1H3,(H,2,3,4);4*2H,1H3. The summed E-state index contributed by atoms with van der Waals surface area (Å²) in [7, 11) is -7.33. The van der Waals surface area contributed by atoms with Crippen LogP contribution in [0, 0.1) is 0 Å². The fourth-order valence-electron chi connectivity index (χ4n) is 7.86. The number of anilines is 12. The van der Waals surface area contributed by atoms with Gasteiger partial charge in [-0.3, -0.25) is 9.11 Å². The minimum absolute atomic E-state index is 0.533. The van der Waals surface area contributed by atoms with E-state index in [0.29, 0.717) is 81.3 Å². The van der Waals surface area contributed by atoms with Gasteiger partial charge in [-0.1, -0.05) is 92.9 Å². The van der Waals surface area contributed by atoms with Crippen molar-refractivity contribution in [2.75, 3.05) is 69.4 Å². The van der Waals surface area contributed by atoms with Gasteiger partial charge in [-0.15, -0.1) is 17.3 Å². The Balaban J connectivity index is 0.000000168. The third kappa shape index (κ3) is 23.1. The molecule has 0 fully saturated rings. The monoisotopic (exact) mass is 1430 g/mol. The Kier molecular flexibility index (Phi) is 28.8. The molecule has 36 nitrogen and oxygen atoms in total. The maximum absolute atomic E-state index is 9.19. The second-order valence-electron chi connectivity index (χ2n) is 17.9. The van der Waals surface area contributed by atoms with Crippen molar-refractivity contribution in [3.63, 3.8) is 0 Å². The zero-order valence-corrected chi connectivity index (χ0v) is 55.2. The van der Waals surface area contributed by atoms with Crippen molar-refractivity contribution in [3.8, 4) is 0 Å². The first-order valence-corrected chi connectivity index (χ1v) is 34.7. The maximum Gasteiger partial charge on any atom is 0.261 e. The number of benzene rings is 6. The van der Waals surface area contributed by atoms with Crippen molar-refractivity contribution in [1.82, 2.24) is 59.8 Å². The first-order valence-electron chi connectivity index (χ1n) is 26.4. The zero-order chi connectivity index (χ0) is 69.0. The van der Waals surface area contributed by atoms with Crippen molar-refractivity contribution in [1.29, 1.82) is 0 Å². The van der Waals surface area contributed by atoms with E-state index >= 15 is 0 Å². The van der Waals surface area contributed by atoms with Crippen LogP contribution < -0.4 is 31.9 Å². The van der Waals surface area contributed by atoms with Gasteiger partial charge in [-0.05, 0) is 72.8 Å². The van der Waals surface area contributed by atoms with E-state index in [1.807, 2.05) is 146 Å².